The number of rotatable bonds is 1. The lowest BCUT2D eigenvalue weighted by molar-refractivity contribution is -0.137. The van der Waals surface area contributed by atoms with Crippen LogP contribution in [-0.4, -0.2) is 18.0 Å². The first-order chi connectivity index (χ1) is 8.32. The Morgan fingerprint density at radius 2 is 1.94 bits per heavy atom. The minimum Gasteiger partial charge on any atom is -0.325 e. The van der Waals surface area contributed by atoms with Crippen LogP contribution in [0.4, 0.5) is 18.9 Å². The summed E-state index contributed by atoms with van der Waals surface area (Å²) in [4.78, 5) is 12.9. The van der Waals surface area contributed by atoms with E-state index in [0.29, 0.717) is 0 Å². The second-order valence-electron chi connectivity index (χ2n) is 4.39. The summed E-state index contributed by atoms with van der Waals surface area (Å²) in [6.45, 7) is 1.66. The van der Waals surface area contributed by atoms with E-state index in [-0.39, 0.29) is 18.0 Å². The van der Waals surface area contributed by atoms with Gasteiger partial charge in [0.05, 0.1) is 11.3 Å². The number of nitrogens with zero attached hydrogens (tertiary/aromatic N) is 1. The van der Waals surface area contributed by atoms with E-state index in [2.05, 4.69) is 0 Å². The molecule has 2 N–H and O–H groups in total. The van der Waals surface area contributed by atoms with E-state index < -0.39 is 23.8 Å². The van der Waals surface area contributed by atoms with Gasteiger partial charge >= 0.3 is 6.18 Å². The summed E-state index contributed by atoms with van der Waals surface area (Å²) < 4.78 is 38.7. The molecule has 1 heterocycles. The van der Waals surface area contributed by atoms with Crippen molar-refractivity contribution >= 4 is 11.6 Å². The molecular weight excluding hydrogens is 245 g/mol. The first kappa shape index (κ1) is 12.9. The first-order valence-electron chi connectivity index (χ1n) is 5.56. The maximum absolute atomic E-state index is 12.9. The van der Waals surface area contributed by atoms with E-state index in [0.717, 1.165) is 11.0 Å². The van der Waals surface area contributed by atoms with E-state index in [1.54, 1.807) is 6.92 Å². The van der Waals surface area contributed by atoms with Crippen LogP contribution in [0.15, 0.2) is 24.3 Å². The van der Waals surface area contributed by atoms with Crippen molar-refractivity contribution in [2.24, 2.45) is 5.73 Å². The molecule has 18 heavy (non-hydrogen) atoms. The number of para-hydroxylation sites is 1. The Balaban J connectivity index is 2.49. The summed E-state index contributed by atoms with van der Waals surface area (Å²) in [5.74, 6) is -0.369. The first-order valence-corrected chi connectivity index (χ1v) is 5.56. The summed E-state index contributed by atoms with van der Waals surface area (Å²) >= 11 is 0. The number of benzene rings is 1. The van der Waals surface area contributed by atoms with Crippen LogP contribution in [0.2, 0.25) is 0 Å². The molecule has 1 aliphatic rings. The predicted octanol–water partition coefficient (Wildman–Crippen LogP) is 2.16. The molecule has 3 nitrogen and oxygen atoms in total. The summed E-state index contributed by atoms with van der Waals surface area (Å²) in [5, 5.41) is 0. The third kappa shape index (κ3) is 2.08. The fraction of sp³-hybridized carbons (Fsp3) is 0.417. The van der Waals surface area contributed by atoms with Crippen molar-refractivity contribution in [2.45, 2.75) is 31.6 Å². The molecule has 1 fully saturated rings. The number of anilines is 1. The van der Waals surface area contributed by atoms with Crippen molar-refractivity contribution in [3.05, 3.63) is 29.8 Å². The highest BCUT2D eigenvalue weighted by Crippen LogP contribution is 2.38. The van der Waals surface area contributed by atoms with Crippen molar-refractivity contribution in [1.29, 1.82) is 0 Å². The highest BCUT2D eigenvalue weighted by Gasteiger charge is 2.41. The van der Waals surface area contributed by atoms with Gasteiger partial charge in [0.25, 0.3) is 0 Å². The SMILES string of the molecule is CC1C(N)CC(=O)N1c1ccccc1C(F)(F)F. The van der Waals surface area contributed by atoms with Crippen molar-refractivity contribution < 1.29 is 18.0 Å². The molecule has 0 aromatic heterocycles. The largest absolute Gasteiger partial charge is 0.418 e. The van der Waals surface area contributed by atoms with Gasteiger partial charge in [-0.3, -0.25) is 4.79 Å². The van der Waals surface area contributed by atoms with Gasteiger partial charge < -0.3 is 10.6 Å². The van der Waals surface area contributed by atoms with E-state index in [1.807, 2.05) is 0 Å². The number of amides is 1. The van der Waals surface area contributed by atoms with Gasteiger partial charge in [0, 0.05) is 18.5 Å². The number of alkyl halides is 3. The molecular formula is C12H13F3N2O. The van der Waals surface area contributed by atoms with Crippen molar-refractivity contribution in [1.82, 2.24) is 0 Å². The Morgan fingerprint density at radius 1 is 1.33 bits per heavy atom. The zero-order chi connectivity index (χ0) is 13.5. The molecule has 6 heteroatoms. The minimum absolute atomic E-state index is 0.0767. The van der Waals surface area contributed by atoms with Crippen molar-refractivity contribution in [2.75, 3.05) is 4.90 Å². The van der Waals surface area contributed by atoms with Crippen LogP contribution in [0, 0.1) is 0 Å². The average molecular weight is 258 g/mol. The monoisotopic (exact) mass is 258 g/mol. The Hall–Kier alpha value is -1.56. The average Bonchev–Trinajstić information content (AvgIpc) is 2.52. The Bertz CT molecular complexity index is 473. The number of carbonyl (C=O) groups is 1. The molecule has 1 aromatic carbocycles. The third-order valence-corrected chi connectivity index (χ3v) is 3.17. The second kappa shape index (κ2) is 4.28. The fourth-order valence-electron chi connectivity index (χ4n) is 2.17. The molecule has 1 saturated heterocycles. The molecule has 2 atom stereocenters. The van der Waals surface area contributed by atoms with Gasteiger partial charge in [0.1, 0.15) is 0 Å². The molecule has 2 rings (SSSR count). The van der Waals surface area contributed by atoms with Gasteiger partial charge in [-0.05, 0) is 19.1 Å². The van der Waals surface area contributed by atoms with E-state index in [9.17, 15) is 18.0 Å². The molecule has 1 aromatic rings. The number of carbonyl (C=O) groups excluding carboxylic acids is 1. The van der Waals surface area contributed by atoms with Crippen LogP contribution in [0.5, 0.6) is 0 Å². The standard InChI is InChI=1S/C12H13F3N2O/c1-7-9(16)6-11(18)17(7)10-5-3-2-4-8(10)12(13,14)15/h2-5,7,9H,6,16H2,1H3. The highest BCUT2D eigenvalue weighted by atomic mass is 19.4. The molecule has 2 unspecified atom stereocenters. The zero-order valence-electron chi connectivity index (χ0n) is 9.74. The van der Waals surface area contributed by atoms with Crippen LogP contribution in [0.3, 0.4) is 0 Å². The van der Waals surface area contributed by atoms with Gasteiger partial charge in [-0.15, -0.1) is 0 Å². The lowest BCUT2D eigenvalue weighted by Gasteiger charge is -2.26. The second-order valence-corrected chi connectivity index (χ2v) is 4.39. The number of halogens is 3. The van der Waals surface area contributed by atoms with E-state index >= 15 is 0 Å². The Morgan fingerprint density at radius 3 is 2.44 bits per heavy atom. The van der Waals surface area contributed by atoms with E-state index in [4.69, 9.17) is 5.73 Å². The van der Waals surface area contributed by atoms with Gasteiger partial charge in [-0.25, -0.2) is 0 Å². The maximum Gasteiger partial charge on any atom is 0.418 e. The smallest absolute Gasteiger partial charge is 0.325 e. The lowest BCUT2D eigenvalue weighted by Crippen LogP contribution is -2.38. The third-order valence-electron chi connectivity index (χ3n) is 3.17. The summed E-state index contributed by atoms with van der Waals surface area (Å²) in [7, 11) is 0. The predicted molar refractivity (Wildman–Crippen MR) is 61.0 cm³/mol. The van der Waals surface area contributed by atoms with Gasteiger partial charge in [0.15, 0.2) is 0 Å². The number of nitrogens with two attached hydrogens (primary N) is 1. The van der Waals surface area contributed by atoms with Gasteiger partial charge in [0.2, 0.25) is 5.91 Å². The minimum atomic E-state index is -4.48. The van der Waals surface area contributed by atoms with Crippen LogP contribution in [0.1, 0.15) is 18.9 Å². The van der Waals surface area contributed by atoms with Crippen LogP contribution < -0.4 is 10.6 Å². The van der Waals surface area contributed by atoms with Crippen LogP contribution in [0.25, 0.3) is 0 Å². The van der Waals surface area contributed by atoms with Crippen molar-refractivity contribution in [3.8, 4) is 0 Å². The summed E-state index contributed by atoms with van der Waals surface area (Å²) in [6.07, 6.45) is -4.41. The number of hydrogen-bond donors (Lipinski definition) is 1. The van der Waals surface area contributed by atoms with Crippen molar-refractivity contribution in [3.63, 3.8) is 0 Å². The molecule has 1 aliphatic heterocycles. The Labute approximate surface area is 102 Å². The lowest BCUT2D eigenvalue weighted by atomic mass is 10.1. The molecule has 0 saturated carbocycles. The zero-order valence-corrected chi connectivity index (χ0v) is 9.74. The normalized spacial score (nSPS) is 24.7. The van der Waals surface area contributed by atoms with Gasteiger partial charge in [-0.2, -0.15) is 13.2 Å². The molecule has 0 aliphatic carbocycles. The molecule has 1 amide bonds. The summed E-state index contributed by atoms with van der Waals surface area (Å²) in [5.41, 5.74) is 4.79. The van der Waals surface area contributed by atoms with Crippen LogP contribution in [-0.2, 0) is 11.0 Å². The number of hydrogen-bond acceptors (Lipinski definition) is 2. The topological polar surface area (TPSA) is 46.3 Å². The quantitative estimate of drug-likeness (QED) is 0.839. The molecule has 0 bridgehead atoms. The molecule has 98 valence electrons. The Kier molecular flexibility index (Phi) is 3.06. The highest BCUT2D eigenvalue weighted by molar-refractivity contribution is 5.97. The molecule has 0 spiro atoms. The maximum atomic E-state index is 12.9. The molecule has 0 radical (unpaired) electrons. The fourth-order valence-corrected chi connectivity index (χ4v) is 2.17. The van der Waals surface area contributed by atoms with Crippen LogP contribution >= 0.6 is 0 Å². The van der Waals surface area contributed by atoms with Gasteiger partial charge in [-0.1, -0.05) is 12.1 Å². The van der Waals surface area contributed by atoms with E-state index in [1.165, 1.54) is 18.2 Å². The summed E-state index contributed by atoms with van der Waals surface area (Å²) in [6, 6.07) is 4.19.